The van der Waals surface area contributed by atoms with E-state index < -0.39 is 0 Å². The van der Waals surface area contributed by atoms with Crippen molar-refractivity contribution in [3.05, 3.63) is 0 Å². The van der Waals surface area contributed by atoms with Crippen LogP contribution in [0.5, 0.6) is 0 Å². The summed E-state index contributed by atoms with van der Waals surface area (Å²) in [6, 6.07) is 0. The van der Waals surface area contributed by atoms with Crippen molar-refractivity contribution >= 4 is 5.97 Å². The second-order valence-electron chi connectivity index (χ2n) is 8.83. The van der Waals surface area contributed by atoms with Crippen LogP contribution in [0.25, 0.3) is 0 Å². The molecule has 0 bridgehead atoms. The summed E-state index contributed by atoms with van der Waals surface area (Å²) in [5.74, 6) is 0.857. The lowest BCUT2D eigenvalue weighted by molar-refractivity contribution is -0.150. The summed E-state index contributed by atoms with van der Waals surface area (Å²) in [4.78, 5) is 12.3. The number of ether oxygens (including phenoxy) is 1. The highest BCUT2D eigenvalue weighted by Crippen LogP contribution is 2.23. The zero-order chi connectivity index (χ0) is 20.9. The molecule has 2 unspecified atom stereocenters. The highest BCUT2D eigenvalue weighted by Gasteiger charge is 2.16. The second kappa shape index (κ2) is 21.2. The molecule has 0 aromatic heterocycles. The Kier molecular flexibility index (Phi) is 20.8. The smallest absolute Gasteiger partial charge is 0.306 e. The van der Waals surface area contributed by atoms with E-state index in [1.54, 1.807) is 0 Å². The van der Waals surface area contributed by atoms with Crippen molar-refractivity contribution in [3.8, 4) is 0 Å². The first-order valence-electron chi connectivity index (χ1n) is 12.9. The lowest BCUT2D eigenvalue weighted by Gasteiger charge is -2.21. The van der Waals surface area contributed by atoms with Crippen LogP contribution in [0, 0.1) is 5.92 Å². The van der Waals surface area contributed by atoms with Crippen molar-refractivity contribution in [2.24, 2.45) is 5.92 Å². The second-order valence-corrected chi connectivity index (χ2v) is 8.83. The van der Waals surface area contributed by atoms with Gasteiger partial charge in [0.25, 0.3) is 0 Å². The van der Waals surface area contributed by atoms with Gasteiger partial charge in [0.15, 0.2) is 0 Å². The third-order valence-electron chi connectivity index (χ3n) is 6.10. The molecular weight excluding hydrogens is 344 g/mol. The fraction of sp³-hybridized carbons (Fsp3) is 0.962. The van der Waals surface area contributed by atoms with Crippen molar-refractivity contribution in [3.63, 3.8) is 0 Å². The van der Waals surface area contributed by atoms with Gasteiger partial charge in [-0.3, -0.25) is 4.79 Å². The predicted octanol–water partition coefficient (Wildman–Crippen LogP) is 9.01. The number of esters is 1. The molecule has 0 fully saturated rings. The Morgan fingerprint density at radius 2 is 1.18 bits per heavy atom. The Morgan fingerprint density at radius 1 is 0.607 bits per heavy atom. The summed E-state index contributed by atoms with van der Waals surface area (Å²) in [5.41, 5.74) is 0. The molecule has 168 valence electrons. The monoisotopic (exact) mass is 396 g/mol. The summed E-state index contributed by atoms with van der Waals surface area (Å²) >= 11 is 0. The van der Waals surface area contributed by atoms with Crippen molar-refractivity contribution in [1.29, 1.82) is 0 Å². The van der Waals surface area contributed by atoms with Gasteiger partial charge in [-0.25, -0.2) is 0 Å². The van der Waals surface area contributed by atoms with Gasteiger partial charge in [0.05, 0.1) is 0 Å². The molecule has 0 heterocycles. The third-order valence-corrected chi connectivity index (χ3v) is 6.10. The molecule has 28 heavy (non-hydrogen) atoms. The molecule has 0 saturated carbocycles. The molecule has 0 aliphatic carbocycles. The van der Waals surface area contributed by atoms with Gasteiger partial charge in [0, 0.05) is 6.42 Å². The maximum Gasteiger partial charge on any atom is 0.306 e. The lowest BCUT2D eigenvalue weighted by Crippen LogP contribution is -2.19. The van der Waals surface area contributed by atoms with E-state index in [9.17, 15) is 4.79 Å². The molecule has 0 N–H and O–H groups in total. The maximum atomic E-state index is 12.3. The zero-order valence-corrected chi connectivity index (χ0v) is 19.9. The van der Waals surface area contributed by atoms with E-state index in [4.69, 9.17) is 4.74 Å². The average molecular weight is 397 g/mol. The fourth-order valence-electron chi connectivity index (χ4n) is 4.00. The number of hydrogen-bond donors (Lipinski definition) is 0. The molecule has 0 amide bonds. The van der Waals surface area contributed by atoms with Crippen LogP contribution in [0.1, 0.15) is 150 Å². The minimum absolute atomic E-state index is 0.0515. The van der Waals surface area contributed by atoms with Gasteiger partial charge in [0.1, 0.15) is 6.10 Å². The van der Waals surface area contributed by atoms with Crippen molar-refractivity contribution in [1.82, 2.24) is 0 Å². The van der Waals surface area contributed by atoms with E-state index in [2.05, 4.69) is 27.7 Å². The standard InChI is InChI=1S/C26H52O2/c1-5-9-12-14-15-16-18-21-26(27)28-25(20-17-13-10-6-2)23-22-24(8-4)19-11-7-3/h24-25H,5-23H2,1-4H3. The van der Waals surface area contributed by atoms with Crippen LogP contribution in [0.4, 0.5) is 0 Å². The summed E-state index contributed by atoms with van der Waals surface area (Å²) in [5, 5.41) is 0. The first kappa shape index (κ1) is 27.5. The van der Waals surface area contributed by atoms with Crippen molar-refractivity contribution in [2.75, 3.05) is 0 Å². The van der Waals surface area contributed by atoms with Gasteiger partial charge in [-0.05, 0) is 38.0 Å². The molecule has 2 heteroatoms. The Bertz CT molecular complexity index is 326. The molecule has 0 spiro atoms. The van der Waals surface area contributed by atoms with E-state index in [0.29, 0.717) is 6.42 Å². The van der Waals surface area contributed by atoms with Crippen molar-refractivity contribution < 1.29 is 9.53 Å². The SMILES string of the molecule is CCCCCCCCCC(=O)OC(CCCCCC)CCC(CC)CCCC. The molecule has 0 aromatic rings. The van der Waals surface area contributed by atoms with E-state index in [1.807, 2.05) is 0 Å². The fourth-order valence-corrected chi connectivity index (χ4v) is 4.00. The van der Waals surface area contributed by atoms with Crippen LogP contribution in [0.15, 0.2) is 0 Å². The quantitative estimate of drug-likeness (QED) is 0.143. The molecule has 0 aliphatic rings. The molecule has 0 aromatic carbocycles. The summed E-state index contributed by atoms with van der Waals surface area (Å²) in [6.07, 6.45) is 23.1. The van der Waals surface area contributed by atoms with Crippen LogP contribution < -0.4 is 0 Å². The Hall–Kier alpha value is -0.530. The van der Waals surface area contributed by atoms with Crippen molar-refractivity contribution in [2.45, 2.75) is 156 Å². The van der Waals surface area contributed by atoms with Crippen LogP contribution in [0.2, 0.25) is 0 Å². The Morgan fingerprint density at radius 3 is 1.79 bits per heavy atom. The molecule has 2 nitrogen and oxygen atoms in total. The summed E-state index contributed by atoms with van der Waals surface area (Å²) < 4.78 is 5.94. The summed E-state index contributed by atoms with van der Waals surface area (Å²) in [7, 11) is 0. The first-order valence-corrected chi connectivity index (χ1v) is 12.9. The lowest BCUT2D eigenvalue weighted by atomic mass is 9.92. The highest BCUT2D eigenvalue weighted by atomic mass is 16.5. The average Bonchev–Trinajstić information content (AvgIpc) is 2.70. The van der Waals surface area contributed by atoms with Gasteiger partial charge in [-0.1, -0.05) is 111 Å². The van der Waals surface area contributed by atoms with E-state index >= 15 is 0 Å². The minimum atomic E-state index is 0.0515. The summed E-state index contributed by atoms with van der Waals surface area (Å²) in [6.45, 7) is 9.08. The molecule has 2 atom stereocenters. The normalized spacial score (nSPS) is 13.4. The molecular formula is C26H52O2. The number of carbonyl (C=O) groups excluding carboxylic acids is 1. The topological polar surface area (TPSA) is 26.3 Å². The molecule has 0 aliphatic heterocycles. The van der Waals surface area contributed by atoms with Crippen LogP contribution >= 0.6 is 0 Å². The van der Waals surface area contributed by atoms with Crippen LogP contribution in [0.3, 0.4) is 0 Å². The highest BCUT2D eigenvalue weighted by molar-refractivity contribution is 5.69. The number of hydrogen-bond acceptors (Lipinski definition) is 2. The van der Waals surface area contributed by atoms with Crippen LogP contribution in [-0.2, 0) is 9.53 Å². The number of carbonyl (C=O) groups is 1. The zero-order valence-electron chi connectivity index (χ0n) is 19.9. The van der Waals surface area contributed by atoms with Gasteiger partial charge >= 0.3 is 5.97 Å². The Balaban J connectivity index is 4.17. The van der Waals surface area contributed by atoms with Gasteiger partial charge < -0.3 is 4.74 Å². The van der Waals surface area contributed by atoms with E-state index in [1.165, 1.54) is 96.3 Å². The maximum absolute atomic E-state index is 12.3. The van der Waals surface area contributed by atoms with E-state index in [0.717, 1.165) is 25.2 Å². The first-order chi connectivity index (χ1) is 13.7. The Labute approximate surface area is 177 Å². The van der Waals surface area contributed by atoms with Gasteiger partial charge in [-0.15, -0.1) is 0 Å². The number of unbranched alkanes of at least 4 members (excludes halogenated alkanes) is 10. The molecule has 0 saturated heterocycles. The van der Waals surface area contributed by atoms with Gasteiger partial charge in [-0.2, -0.15) is 0 Å². The van der Waals surface area contributed by atoms with Crippen LogP contribution in [-0.4, -0.2) is 12.1 Å². The number of rotatable bonds is 21. The largest absolute Gasteiger partial charge is 0.462 e. The molecule has 0 rings (SSSR count). The van der Waals surface area contributed by atoms with E-state index in [-0.39, 0.29) is 12.1 Å². The minimum Gasteiger partial charge on any atom is -0.462 e. The predicted molar refractivity (Wildman–Crippen MR) is 124 cm³/mol. The third kappa shape index (κ3) is 17.6. The van der Waals surface area contributed by atoms with Gasteiger partial charge in [0.2, 0.25) is 0 Å². The molecule has 0 radical (unpaired) electrons.